The van der Waals surface area contributed by atoms with Crippen LogP contribution in [0.1, 0.15) is 32.1 Å². The van der Waals surface area contributed by atoms with E-state index >= 15 is 0 Å². The lowest BCUT2D eigenvalue weighted by Crippen LogP contribution is -2.45. The lowest BCUT2D eigenvalue weighted by Gasteiger charge is -2.33. The molecule has 5 rings (SSSR count). The summed E-state index contributed by atoms with van der Waals surface area (Å²) in [6.07, 6.45) is 11.3. The highest BCUT2D eigenvalue weighted by Crippen LogP contribution is 2.45. The molecule has 2 heterocycles. The first kappa shape index (κ1) is 14.0. The molecule has 4 atom stereocenters. The van der Waals surface area contributed by atoms with Gasteiger partial charge in [-0.15, -0.1) is 0 Å². The minimum Gasteiger partial charge on any atom is -0.350 e. The lowest BCUT2D eigenvalue weighted by atomic mass is 9.94. The Labute approximate surface area is 146 Å². The van der Waals surface area contributed by atoms with Crippen molar-refractivity contribution >= 4 is 21.6 Å². The normalized spacial score (nSPS) is 35.0. The van der Waals surface area contributed by atoms with Crippen LogP contribution in [0, 0.1) is 0 Å². The molecule has 3 nitrogen and oxygen atoms in total. The predicted molar refractivity (Wildman–Crippen MR) is 97.2 cm³/mol. The minimum absolute atomic E-state index is 0.290. The van der Waals surface area contributed by atoms with Gasteiger partial charge >= 0.3 is 0 Å². The minimum atomic E-state index is 0.290. The summed E-state index contributed by atoms with van der Waals surface area (Å²) in [7, 11) is 0. The molecule has 4 unspecified atom stereocenters. The fraction of sp³-hybridized carbons (Fsp3) is 0.474. The molecule has 1 fully saturated rings. The van der Waals surface area contributed by atoms with Crippen LogP contribution in [0.3, 0.4) is 0 Å². The lowest BCUT2D eigenvalue weighted by molar-refractivity contribution is 0.241. The predicted octanol–water partition coefficient (Wildman–Crippen LogP) is 3.94. The zero-order valence-corrected chi connectivity index (χ0v) is 14.7. The Hall–Kier alpha value is -1.42. The van der Waals surface area contributed by atoms with Crippen LogP contribution in [-0.2, 0) is 0 Å². The molecule has 1 aromatic carbocycles. The van der Waals surface area contributed by atoms with E-state index in [1.165, 1.54) is 43.5 Å². The van der Waals surface area contributed by atoms with Gasteiger partial charge in [0.1, 0.15) is 0 Å². The van der Waals surface area contributed by atoms with E-state index in [2.05, 4.69) is 73.5 Å². The molecular formula is C19H22BrN3. The van der Waals surface area contributed by atoms with Gasteiger partial charge in [0.2, 0.25) is 0 Å². The maximum absolute atomic E-state index is 3.86. The van der Waals surface area contributed by atoms with Crippen LogP contribution in [-0.4, -0.2) is 28.1 Å². The topological polar surface area (TPSA) is 18.5 Å². The second kappa shape index (κ2) is 5.30. The highest BCUT2D eigenvalue weighted by atomic mass is 79.9. The first-order valence-corrected chi connectivity index (χ1v) is 9.67. The zero-order valence-electron chi connectivity index (χ0n) is 13.2. The molecule has 0 spiro atoms. The van der Waals surface area contributed by atoms with Gasteiger partial charge in [-0.1, -0.05) is 46.3 Å². The standard InChI is InChI=1S/C19H22BrN3/c20-13-10-11-17-18(12-13)23-16-9-5-4-8-15(16)21-19(23)22(17)14-6-2-1-3-7-14/h1-3,6-7,10-11,13,17-19,21H,4-5,8-9,12H2. The smallest absolute Gasteiger partial charge is 0.179 e. The summed E-state index contributed by atoms with van der Waals surface area (Å²) in [4.78, 5) is 5.77. The number of halogens is 1. The first-order valence-electron chi connectivity index (χ1n) is 8.75. The van der Waals surface area contributed by atoms with Crippen LogP contribution < -0.4 is 10.2 Å². The molecule has 0 saturated carbocycles. The van der Waals surface area contributed by atoms with Gasteiger partial charge < -0.3 is 15.1 Å². The van der Waals surface area contributed by atoms with Crippen LogP contribution in [0.4, 0.5) is 5.69 Å². The van der Waals surface area contributed by atoms with Crippen molar-refractivity contribution in [1.82, 2.24) is 10.2 Å². The third-order valence-corrected chi connectivity index (χ3v) is 6.37. The summed E-state index contributed by atoms with van der Waals surface area (Å²) in [5.41, 5.74) is 4.41. The molecular weight excluding hydrogens is 350 g/mol. The van der Waals surface area contributed by atoms with Crippen molar-refractivity contribution in [2.24, 2.45) is 0 Å². The number of anilines is 1. The van der Waals surface area contributed by atoms with E-state index < -0.39 is 0 Å². The second-order valence-electron chi connectivity index (χ2n) is 6.99. The fourth-order valence-corrected chi connectivity index (χ4v) is 5.29. The van der Waals surface area contributed by atoms with Gasteiger partial charge in [0.05, 0.1) is 12.1 Å². The Balaban J connectivity index is 1.59. The van der Waals surface area contributed by atoms with Gasteiger partial charge in [-0.25, -0.2) is 0 Å². The highest BCUT2D eigenvalue weighted by molar-refractivity contribution is 9.09. The van der Waals surface area contributed by atoms with Gasteiger partial charge in [0.15, 0.2) is 6.29 Å². The van der Waals surface area contributed by atoms with E-state index in [0.717, 1.165) is 0 Å². The number of rotatable bonds is 1. The van der Waals surface area contributed by atoms with Crippen molar-refractivity contribution in [3.8, 4) is 0 Å². The van der Waals surface area contributed by atoms with E-state index in [1.54, 1.807) is 5.70 Å². The van der Waals surface area contributed by atoms with E-state index in [-0.39, 0.29) is 6.29 Å². The maximum atomic E-state index is 3.86. The molecule has 0 radical (unpaired) electrons. The van der Waals surface area contributed by atoms with E-state index in [4.69, 9.17) is 0 Å². The number of nitrogens with zero attached hydrogens (tertiary/aromatic N) is 2. The zero-order chi connectivity index (χ0) is 15.4. The molecule has 0 bridgehead atoms. The van der Waals surface area contributed by atoms with Crippen molar-refractivity contribution in [3.63, 3.8) is 0 Å². The summed E-state index contributed by atoms with van der Waals surface area (Å²) < 4.78 is 0. The molecule has 4 aliphatic rings. The molecule has 1 saturated heterocycles. The molecule has 1 N–H and O–H groups in total. The first-order chi connectivity index (χ1) is 11.3. The molecule has 1 aromatic rings. The van der Waals surface area contributed by atoms with Crippen LogP contribution >= 0.6 is 15.9 Å². The summed E-state index contributed by atoms with van der Waals surface area (Å²) >= 11 is 3.82. The Bertz CT molecular complexity index is 668. The molecule has 4 heteroatoms. The number of benzene rings is 1. The van der Waals surface area contributed by atoms with Crippen molar-refractivity contribution in [2.45, 2.75) is 55.3 Å². The van der Waals surface area contributed by atoms with Gasteiger partial charge in [-0.2, -0.15) is 0 Å². The molecule has 2 aliphatic heterocycles. The third kappa shape index (κ3) is 2.07. The average molecular weight is 372 g/mol. The molecule has 2 aliphatic carbocycles. The number of para-hydroxylation sites is 1. The van der Waals surface area contributed by atoms with Crippen molar-refractivity contribution < 1.29 is 0 Å². The van der Waals surface area contributed by atoms with Gasteiger partial charge in [-0.3, -0.25) is 0 Å². The van der Waals surface area contributed by atoms with E-state index in [9.17, 15) is 0 Å². The Kier molecular flexibility index (Phi) is 3.22. The average Bonchev–Trinajstić information content (AvgIpc) is 3.10. The Morgan fingerprint density at radius 1 is 1.00 bits per heavy atom. The van der Waals surface area contributed by atoms with Gasteiger partial charge in [-0.05, 0) is 44.2 Å². The van der Waals surface area contributed by atoms with Gasteiger partial charge in [0, 0.05) is 21.9 Å². The number of fused-ring (bicyclic) bond motifs is 4. The van der Waals surface area contributed by atoms with Crippen LogP contribution in [0.15, 0.2) is 53.9 Å². The Morgan fingerprint density at radius 3 is 2.70 bits per heavy atom. The number of nitrogens with one attached hydrogen (secondary N) is 1. The Morgan fingerprint density at radius 2 is 1.83 bits per heavy atom. The highest BCUT2D eigenvalue weighted by Gasteiger charge is 2.52. The van der Waals surface area contributed by atoms with E-state index in [0.29, 0.717) is 16.9 Å². The number of hydrogen-bond donors (Lipinski definition) is 1. The van der Waals surface area contributed by atoms with Crippen LogP contribution in [0.25, 0.3) is 0 Å². The monoisotopic (exact) mass is 371 g/mol. The summed E-state index contributed by atoms with van der Waals surface area (Å²) in [6, 6.07) is 11.9. The van der Waals surface area contributed by atoms with Crippen molar-refractivity contribution in [1.29, 1.82) is 0 Å². The summed E-state index contributed by atoms with van der Waals surface area (Å²) in [5.74, 6) is 0. The quantitative estimate of drug-likeness (QED) is 0.595. The van der Waals surface area contributed by atoms with Crippen molar-refractivity contribution in [3.05, 3.63) is 53.9 Å². The number of hydrogen-bond acceptors (Lipinski definition) is 3. The fourth-order valence-electron chi connectivity index (χ4n) is 4.73. The summed E-state index contributed by atoms with van der Waals surface area (Å²) in [5, 5.41) is 3.86. The number of alkyl halides is 1. The number of allylic oxidation sites excluding steroid dienone is 3. The molecule has 0 aromatic heterocycles. The molecule has 0 amide bonds. The maximum Gasteiger partial charge on any atom is 0.179 e. The third-order valence-electron chi connectivity index (χ3n) is 5.69. The molecule has 23 heavy (non-hydrogen) atoms. The second-order valence-corrected chi connectivity index (χ2v) is 8.17. The largest absolute Gasteiger partial charge is 0.350 e. The van der Waals surface area contributed by atoms with Crippen molar-refractivity contribution in [2.75, 3.05) is 4.90 Å². The van der Waals surface area contributed by atoms with E-state index in [1.807, 2.05) is 0 Å². The summed E-state index contributed by atoms with van der Waals surface area (Å²) in [6.45, 7) is 0. The van der Waals surface area contributed by atoms with Crippen LogP contribution in [0.2, 0.25) is 0 Å². The SMILES string of the molecule is BrC1C=CC2C(C1)N1C3=C(CCCC3)NC1N2c1ccccc1. The van der Waals surface area contributed by atoms with Gasteiger partial charge in [0.25, 0.3) is 0 Å². The molecule has 120 valence electrons. The van der Waals surface area contributed by atoms with Crippen LogP contribution in [0.5, 0.6) is 0 Å².